The predicted octanol–water partition coefficient (Wildman–Crippen LogP) is 3.51. The van der Waals surface area contributed by atoms with Gasteiger partial charge in [-0.1, -0.05) is 38.1 Å². The summed E-state index contributed by atoms with van der Waals surface area (Å²) in [6.45, 7) is 4.23. The standard InChI is InChI=1S/C18H34O6Si2/c1-9-17(25(19-3,20-4)21-5)15-12-11-13-16(14-15)18(10-2)26(22-6,23-7)24-8/h11-14,17-18H,9-10H2,1-8H3/t17-,18+. The van der Waals surface area contributed by atoms with Crippen LogP contribution in [0.25, 0.3) is 0 Å². The Morgan fingerprint density at radius 2 is 0.962 bits per heavy atom. The van der Waals surface area contributed by atoms with Crippen molar-refractivity contribution in [3.63, 3.8) is 0 Å². The van der Waals surface area contributed by atoms with E-state index in [0.717, 1.165) is 24.0 Å². The molecule has 1 aromatic carbocycles. The van der Waals surface area contributed by atoms with E-state index in [2.05, 4.69) is 38.1 Å². The first kappa shape index (κ1) is 23.5. The van der Waals surface area contributed by atoms with Crippen molar-refractivity contribution in [2.75, 3.05) is 42.7 Å². The quantitative estimate of drug-likeness (QED) is 0.499. The second kappa shape index (κ2) is 10.7. The van der Waals surface area contributed by atoms with Crippen molar-refractivity contribution in [2.45, 2.75) is 37.8 Å². The zero-order valence-corrected chi connectivity index (χ0v) is 19.3. The van der Waals surface area contributed by atoms with Crippen molar-refractivity contribution >= 4 is 17.6 Å². The van der Waals surface area contributed by atoms with Gasteiger partial charge < -0.3 is 26.6 Å². The molecule has 26 heavy (non-hydrogen) atoms. The minimum absolute atomic E-state index is 0.0451. The minimum Gasteiger partial charge on any atom is -0.376 e. The minimum atomic E-state index is -2.81. The van der Waals surface area contributed by atoms with Crippen molar-refractivity contribution in [1.82, 2.24) is 0 Å². The highest BCUT2D eigenvalue weighted by atomic mass is 28.4. The van der Waals surface area contributed by atoms with Crippen LogP contribution in [-0.2, 0) is 26.6 Å². The predicted molar refractivity (Wildman–Crippen MR) is 106 cm³/mol. The van der Waals surface area contributed by atoms with E-state index in [9.17, 15) is 0 Å². The van der Waals surface area contributed by atoms with Crippen molar-refractivity contribution in [1.29, 1.82) is 0 Å². The maximum atomic E-state index is 5.73. The average Bonchev–Trinajstić information content (AvgIpc) is 2.70. The third kappa shape index (κ3) is 4.45. The van der Waals surface area contributed by atoms with Crippen molar-refractivity contribution in [2.24, 2.45) is 0 Å². The van der Waals surface area contributed by atoms with Crippen LogP contribution in [0.4, 0.5) is 0 Å². The molecule has 0 aliphatic rings. The van der Waals surface area contributed by atoms with E-state index in [4.69, 9.17) is 26.6 Å². The van der Waals surface area contributed by atoms with E-state index in [0.29, 0.717) is 0 Å². The van der Waals surface area contributed by atoms with Gasteiger partial charge in [-0.15, -0.1) is 0 Å². The van der Waals surface area contributed by atoms with Gasteiger partial charge in [0, 0.05) is 42.7 Å². The summed E-state index contributed by atoms with van der Waals surface area (Å²) in [6.07, 6.45) is 1.70. The lowest BCUT2D eigenvalue weighted by molar-refractivity contribution is 0.111. The SMILES string of the molecule is CC[C@H](c1cccc([C@H](CC)[Si](OC)(OC)OC)c1)[Si](OC)(OC)OC. The Hall–Kier alpha value is -0.586. The van der Waals surface area contributed by atoms with E-state index < -0.39 is 17.6 Å². The third-order valence-corrected chi connectivity index (χ3v) is 11.7. The highest BCUT2D eigenvalue weighted by Crippen LogP contribution is 2.36. The normalized spacial score (nSPS) is 15.1. The van der Waals surface area contributed by atoms with Crippen molar-refractivity contribution in [3.8, 4) is 0 Å². The van der Waals surface area contributed by atoms with Crippen molar-refractivity contribution < 1.29 is 26.6 Å². The van der Waals surface area contributed by atoms with Gasteiger partial charge in [0.1, 0.15) is 0 Å². The van der Waals surface area contributed by atoms with Gasteiger partial charge in [0.2, 0.25) is 0 Å². The molecule has 0 fully saturated rings. The molecule has 6 nitrogen and oxygen atoms in total. The Morgan fingerprint density at radius 3 is 1.19 bits per heavy atom. The van der Waals surface area contributed by atoms with Gasteiger partial charge in [0.25, 0.3) is 0 Å². The summed E-state index contributed by atoms with van der Waals surface area (Å²) in [4.78, 5) is 0. The second-order valence-corrected chi connectivity index (χ2v) is 12.3. The third-order valence-electron chi connectivity index (χ3n) is 5.09. The molecule has 0 spiro atoms. The van der Waals surface area contributed by atoms with Gasteiger partial charge >= 0.3 is 17.6 Å². The van der Waals surface area contributed by atoms with Crippen LogP contribution in [0.5, 0.6) is 0 Å². The molecule has 2 atom stereocenters. The molecule has 0 saturated carbocycles. The molecule has 150 valence electrons. The summed E-state index contributed by atoms with van der Waals surface area (Å²) in [7, 11) is 4.29. The Kier molecular flexibility index (Phi) is 9.63. The second-order valence-electron chi connectivity index (χ2n) is 6.02. The van der Waals surface area contributed by atoms with Gasteiger partial charge in [0.15, 0.2) is 0 Å². The number of rotatable bonds is 12. The zero-order valence-electron chi connectivity index (χ0n) is 17.3. The Labute approximate surface area is 160 Å². The topological polar surface area (TPSA) is 55.4 Å². The molecular weight excluding hydrogens is 368 g/mol. The first-order chi connectivity index (χ1) is 12.5. The highest BCUT2D eigenvalue weighted by molar-refractivity contribution is 6.63. The molecule has 1 rings (SSSR count). The van der Waals surface area contributed by atoms with Crippen LogP contribution in [0, 0.1) is 0 Å². The lowest BCUT2D eigenvalue weighted by Crippen LogP contribution is -2.50. The van der Waals surface area contributed by atoms with Gasteiger partial charge in [-0.2, -0.15) is 0 Å². The van der Waals surface area contributed by atoms with Gasteiger partial charge in [-0.3, -0.25) is 0 Å². The van der Waals surface area contributed by atoms with E-state index in [1.165, 1.54) is 0 Å². The largest absolute Gasteiger partial charge is 0.508 e. The summed E-state index contributed by atoms with van der Waals surface area (Å²) >= 11 is 0. The molecule has 0 aliphatic carbocycles. The van der Waals surface area contributed by atoms with E-state index >= 15 is 0 Å². The molecule has 0 amide bonds. The highest BCUT2D eigenvalue weighted by Gasteiger charge is 2.49. The van der Waals surface area contributed by atoms with E-state index in [1.807, 2.05) is 0 Å². The fourth-order valence-corrected chi connectivity index (χ4v) is 8.61. The lowest BCUT2D eigenvalue weighted by atomic mass is 10.0. The molecule has 0 heterocycles. The lowest BCUT2D eigenvalue weighted by Gasteiger charge is -2.34. The number of hydrogen-bond donors (Lipinski definition) is 0. The van der Waals surface area contributed by atoms with Crippen LogP contribution in [0.1, 0.15) is 48.9 Å². The Bertz CT molecular complexity index is 474. The Balaban J connectivity index is 3.39. The summed E-state index contributed by atoms with van der Waals surface area (Å²) in [5, 5.41) is 0. The maximum Gasteiger partial charge on any atom is 0.508 e. The maximum absolute atomic E-state index is 5.73. The molecule has 0 unspecified atom stereocenters. The van der Waals surface area contributed by atoms with Crippen LogP contribution < -0.4 is 0 Å². The molecule has 0 N–H and O–H groups in total. The van der Waals surface area contributed by atoms with Gasteiger partial charge in [0.05, 0.1) is 11.1 Å². The summed E-state index contributed by atoms with van der Waals surface area (Å²) in [6, 6.07) is 8.42. The zero-order chi connectivity index (χ0) is 19.8. The molecule has 0 radical (unpaired) electrons. The number of hydrogen-bond acceptors (Lipinski definition) is 6. The Morgan fingerprint density at radius 1 is 0.654 bits per heavy atom. The van der Waals surface area contributed by atoms with Crippen LogP contribution >= 0.6 is 0 Å². The molecular formula is C18H34O6Si2. The van der Waals surface area contributed by atoms with Crippen LogP contribution in [0.2, 0.25) is 0 Å². The summed E-state index contributed by atoms with van der Waals surface area (Å²) in [5.41, 5.74) is 2.35. The molecule has 0 saturated heterocycles. The fourth-order valence-electron chi connectivity index (χ4n) is 3.73. The molecule has 0 aromatic heterocycles. The van der Waals surface area contributed by atoms with E-state index in [1.54, 1.807) is 42.7 Å². The monoisotopic (exact) mass is 402 g/mol. The summed E-state index contributed by atoms with van der Waals surface area (Å²) < 4.78 is 34.4. The van der Waals surface area contributed by atoms with Crippen molar-refractivity contribution in [3.05, 3.63) is 35.4 Å². The summed E-state index contributed by atoms with van der Waals surface area (Å²) in [5.74, 6) is 0. The van der Waals surface area contributed by atoms with E-state index in [-0.39, 0.29) is 11.1 Å². The van der Waals surface area contributed by atoms with Crippen LogP contribution in [-0.4, -0.2) is 60.3 Å². The first-order valence-electron chi connectivity index (χ1n) is 8.88. The smallest absolute Gasteiger partial charge is 0.376 e. The molecule has 1 aromatic rings. The van der Waals surface area contributed by atoms with Gasteiger partial charge in [-0.25, -0.2) is 0 Å². The van der Waals surface area contributed by atoms with Crippen LogP contribution in [0.15, 0.2) is 24.3 Å². The number of benzene rings is 1. The first-order valence-corrected chi connectivity index (χ1v) is 12.5. The average molecular weight is 403 g/mol. The van der Waals surface area contributed by atoms with Gasteiger partial charge in [-0.05, 0) is 24.0 Å². The molecule has 0 aliphatic heterocycles. The molecule has 0 bridgehead atoms. The molecule has 8 heteroatoms. The van der Waals surface area contributed by atoms with Crippen LogP contribution in [0.3, 0.4) is 0 Å². The fraction of sp³-hybridized carbons (Fsp3) is 0.667.